The first-order valence-corrected chi connectivity index (χ1v) is 6.64. The van der Waals surface area contributed by atoms with E-state index in [1.165, 1.54) is 38.5 Å². The summed E-state index contributed by atoms with van der Waals surface area (Å²) in [5.41, 5.74) is 0. The van der Waals surface area contributed by atoms with Crippen molar-refractivity contribution >= 4 is 5.78 Å². The van der Waals surface area contributed by atoms with Crippen LogP contribution in [0.25, 0.3) is 0 Å². The van der Waals surface area contributed by atoms with Gasteiger partial charge in [0.1, 0.15) is 6.61 Å². The van der Waals surface area contributed by atoms with Crippen molar-refractivity contribution in [3.05, 3.63) is 12.2 Å². The van der Waals surface area contributed by atoms with E-state index in [0.717, 1.165) is 19.4 Å². The van der Waals surface area contributed by atoms with Crippen LogP contribution in [0.5, 0.6) is 0 Å². The second-order valence-corrected chi connectivity index (χ2v) is 4.51. The number of ether oxygens (including phenoxy) is 1. The Morgan fingerprint density at radius 2 is 1.56 bits per heavy atom. The zero-order chi connectivity index (χ0) is 11.5. The van der Waals surface area contributed by atoms with Crippen LogP contribution in [0.15, 0.2) is 12.2 Å². The number of rotatable bonds is 0. The van der Waals surface area contributed by atoms with Crippen molar-refractivity contribution in [1.82, 2.24) is 0 Å². The zero-order valence-corrected chi connectivity index (χ0v) is 10.2. The largest absolute Gasteiger partial charge is 0.374 e. The van der Waals surface area contributed by atoms with Crippen LogP contribution in [-0.4, -0.2) is 19.0 Å². The monoisotopic (exact) mass is 224 g/mol. The molecular weight excluding hydrogens is 200 g/mol. The average Bonchev–Trinajstić information content (AvgIpc) is 2.29. The molecule has 0 aromatic carbocycles. The second kappa shape index (κ2) is 9.59. The maximum Gasteiger partial charge on any atom is 0.158 e. The Bertz CT molecular complexity index is 209. The molecule has 1 heterocycles. The van der Waals surface area contributed by atoms with Gasteiger partial charge in [0.25, 0.3) is 0 Å². The summed E-state index contributed by atoms with van der Waals surface area (Å²) in [6, 6.07) is 0. The first-order valence-electron chi connectivity index (χ1n) is 6.64. The maximum absolute atomic E-state index is 11.4. The van der Waals surface area contributed by atoms with Crippen molar-refractivity contribution in [2.45, 2.75) is 57.8 Å². The molecule has 0 fully saturated rings. The molecule has 92 valence electrons. The predicted molar refractivity (Wildman–Crippen MR) is 66.5 cm³/mol. The number of ketones is 1. The molecule has 0 saturated carbocycles. The summed E-state index contributed by atoms with van der Waals surface area (Å²) >= 11 is 0. The molecule has 0 aromatic rings. The molecule has 0 aromatic heterocycles. The number of hydrogen-bond donors (Lipinski definition) is 0. The molecule has 0 saturated heterocycles. The summed E-state index contributed by atoms with van der Waals surface area (Å²) in [7, 11) is 0. The van der Waals surface area contributed by atoms with E-state index in [1.807, 2.05) is 0 Å². The second-order valence-electron chi connectivity index (χ2n) is 4.51. The number of allylic oxidation sites excluding steroid dienone is 2. The van der Waals surface area contributed by atoms with E-state index >= 15 is 0 Å². The normalized spacial score (nSPS) is 24.4. The lowest BCUT2D eigenvalue weighted by atomic mass is 10.1. The molecule has 0 amide bonds. The molecule has 0 atom stereocenters. The van der Waals surface area contributed by atoms with Crippen LogP contribution in [0.1, 0.15) is 57.8 Å². The van der Waals surface area contributed by atoms with E-state index in [4.69, 9.17) is 4.74 Å². The summed E-state index contributed by atoms with van der Waals surface area (Å²) < 4.78 is 5.35. The van der Waals surface area contributed by atoms with Gasteiger partial charge in [-0.2, -0.15) is 0 Å². The van der Waals surface area contributed by atoms with Gasteiger partial charge < -0.3 is 4.74 Å². The van der Waals surface area contributed by atoms with Crippen molar-refractivity contribution in [3.63, 3.8) is 0 Å². The van der Waals surface area contributed by atoms with Gasteiger partial charge in [-0.3, -0.25) is 4.79 Å². The standard InChI is InChI=1S/C14H24O2/c15-14-11-9-7-5-3-1-2-4-6-8-10-12-16-13-14/h5,7H,1-4,6,8-13H2/b7-5-. The highest BCUT2D eigenvalue weighted by Gasteiger charge is 2.00. The minimum atomic E-state index is 0.236. The Morgan fingerprint density at radius 3 is 2.44 bits per heavy atom. The highest BCUT2D eigenvalue weighted by molar-refractivity contribution is 5.79. The first-order chi connectivity index (χ1) is 7.89. The van der Waals surface area contributed by atoms with Crippen molar-refractivity contribution in [1.29, 1.82) is 0 Å². The third-order valence-corrected chi connectivity index (χ3v) is 2.93. The van der Waals surface area contributed by atoms with Crippen molar-refractivity contribution in [2.75, 3.05) is 13.2 Å². The Hall–Kier alpha value is -0.630. The fourth-order valence-corrected chi connectivity index (χ4v) is 1.91. The molecule has 0 radical (unpaired) electrons. The van der Waals surface area contributed by atoms with Gasteiger partial charge in [-0.05, 0) is 25.7 Å². The highest BCUT2D eigenvalue weighted by Crippen LogP contribution is 2.08. The fourth-order valence-electron chi connectivity index (χ4n) is 1.91. The molecule has 2 nitrogen and oxygen atoms in total. The van der Waals surface area contributed by atoms with E-state index in [-0.39, 0.29) is 5.78 Å². The predicted octanol–water partition coefficient (Wildman–Crippen LogP) is 3.65. The summed E-state index contributed by atoms with van der Waals surface area (Å²) in [5.74, 6) is 0.236. The van der Waals surface area contributed by atoms with Gasteiger partial charge in [0.2, 0.25) is 0 Å². The van der Waals surface area contributed by atoms with E-state index in [9.17, 15) is 4.79 Å². The summed E-state index contributed by atoms with van der Waals surface area (Å²) in [6.07, 6.45) is 14.7. The van der Waals surface area contributed by atoms with E-state index in [1.54, 1.807) is 0 Å². The number of carbonyl (C=O) groups is 1. The zero-order valence-electron chi connectivity index (χ0n) is 10.2. The van der Waals surface area contributed by atoms with Crippen LogP contribution in [0, 0.1) is 0 Å². The number of hydrogen-bond acceptors (Lipinski definition) is 2. The number of carbonyl (C=O) groups excluding carboxylic acids is 1. The lowest BCUT2D eigenvalue weighted by Crippen LogP contribution is -2.08. The maximum atomic E-state index is 11.4. The van der Waals surface area contributed by atoms with Crippen molar-refractivity contribution in [2.24, 2.45) is 0 Å². The topological polar surface area (TPSA) is 26.3 Å². The molecular formula is C14H24O2. The van der Waals surface area contributed by atoms with Gasteiger partial charge in [0, 0.05) is 13.0 Å². The van der Waals surface area contributed by atoms with E-state index < -0.39 is 0 Å². The minimum absolute atomic E-state index is 0.236. The lowest BCUT2D eigenvalue weighted by molar-refractivity contribution is -0.123. The molecule has 0 unspecified atom stereocenters. The molecule has 0 spiro atoms. The van der Waals surface area contributed by atoms with E-state index in [0.29, 0.717) is 13.0 Å². The first kappa shape index (κ1) is 13.4. The van der Waals surface area contributed by atoms with Crippen molar-refractivity contribution in [3.8, 4) is 0 Å². The Kier molecular flexibility index (Phi) is 8.05. The quantitative estimate of drug-likeness (QED) is 0.587. The van der Waals surface area contributed by atoms with Crippen LogP contribution in [0.4, 0.5) is 0 Å². The van der Waals surface area contributed by atoms with Gasteiger partial charge in [0.05, 0.1) is 0 Å². The van der Waals surface area contributed by atoms with Gasteiger partial charge >= 0.3 is 0 Å². The molecule has 0 bridgehead atoms. The lowest BCUT2D eigenvalue weighted by Gasteiger charge is -2.03. The molecule has 1 aliphatic rings. The van der Waals surface area contributed by atoms with Gasteiger partial charge in [-0.25, -0.2) is 0 Å². The smallest absolute Gasteiger partial charge is 0.158 e. The third-order valence-electron chi connectivity index (χ3n) is 2.93. The summed E-state index contributed by atoms with van der Waals surface area (Å²) in [6.45, 7) is 1.06. The van der Waals surface area contributed by atoms with Crippen LogP contribution in [0.2, 0.25) is 0 Å². The molecule has 1 rings (SSSR count). The number of Topliss-reactive ketones (excluding diaryl/α,β-unsaturated/α-hetero) is 1. The SMILES string of the molecule is O=C1CC/C=C\CCCCCCCCOC1. The highest BCUT2D eigenvalue weighted by atomic mass is 16.5. The van der Waals surface area contributed by atoms with Crippen LogP contribution >= 0.6 is 0 Å². The van der Waals surface area contributed by atoms with E-state index in [2.05, 4.69) is 12.2 Å². The van der Waals surface area contributed by atoms with Crippen LogP contribution in [0.3, 0.4) is 0 Å². The Balaban J connectivity index is 2.20. The summed E-state index contributed by atoms with van der Waals surface area (Å²) in [4.78, 5) is 11.4. The van der Waals surface area contributed by atoms with Gasteiger partial charge in [-0.1, -0.05) is 37.8 Å². The fraction of sp³-hybridized carbons (Fsp3) is 0.786. The average molecular weight is 224 g/mol. The Labute approximate surface area is 99.1 Å². The molecule has 1 aliphatic heterocycles. The van der Waals surface area contributed by atoms with Crippen LogP contribution in [-0.2, 0) is 9.53 Å². The van der Waals surface area contributed by atoms with Crippen LogP contribution < -0.4 is 0 Å². The molecule has 0 N–H and O–H groups in total. The van der Waals surface area contributed by atoms with Gasteiger partial charge in [-0.15, -0.1) is 0 Å². The molecule has 2 heteroatoms. The molecule has 0 aliphatic carbocycles. The van der Waals surface area contributed by atoms with Gasteiger partial charge in [0.15, 0.2) is 5.78 Å². The van der Waals surface area contributed by atoms with Crippen molar-refractivity contribution < 1.29 is 9.53 Å². The Morgan fingerprint density at radius 1 is 0.875 bits per heavy atom. The third kappa shape index (κ3) is 7.63. The summed E-state index contributed by atoms with van der Waals surface area (Å²) in [5, 5.41) is 0. The molecule has 16 heavy (non-hydrogen) atoms. The minimum Gasteiger partial charge on any atom is -0.374 e.